The number of nitrogens with zero attached hydrogens (tertiary/aromatic N) is 2. The van der Waals surface area contributed by atoms with Crippen LogP contribution in [0.1, 0.15) is 17.3 Å². The highest BCUT2D eigenvalue weighted by molar-refractivity contribution is 7.91. The maximum Gasteiger partial charge on any atom is 0.341 e. The summed E-state index contributed by atoms with van der Waals surface area (Å²) in [6.45, 7) is 3.53. The second-order valence-corrected chi connectivity index (χ2v) is 8.69. The van der Waals surface area contributed by atoms with Crippen LogP contribution in [-0.2, 0) is 14.6 Å². The lowest BCUT2D eigenvalue weighted by atomic mass is 10.1. The summed E-state index contributed by atoms with van der Waals surface area (Å²) < 4.78 is 55.0. The molecule has 0 aliphatic carbocycles. The number of para-hydroxylation sites is 1. The number of carbonyl (C=O) groups is 1. The molecule has 156 valence electrons. The van der Waals surface area contributed by atoms with Gasteiger partial charge >= 0.3 is 11.7 Å². The van der Waals surface area contributed by atoms with Gasteiger partial charge in [0, 0.05) is 31.4 Å². The zero-order valence-corrected chi connectivity index (χ0v) is 16.9. The molecule has 1 aliphatic rings. The lowest BCUT2D eigenvalue weighted by molar-refractivity contribution is 0.0600. The van der Waals surface area contributed by atoms with Crippen molar-refractivity contribution < 1.29 is 26.7 Å². The smallest absolute Gasteiger partial charge is 0.341 e. The van der Waals surface area contributed by atoms with Crippen LogP contribution in [-0.4, -0.2) is 52.9 Å². The highest BCUT2D eigenvalue weighted by atomic mass is 32.2. The van der Waals surface area contributed by atoms with E-state index in [4.69, 9.17) is 4.74 Å². The summed E-state index contributed by atoms with van der Waals surface area (Å²) in [5.41, 5.74) is 1.66. The number of alkyl halides is 2. The van der Waals surface area contributed by atoms with Gasteiger partial charge in [0.25, 0.3) is 0 Å². The summed E-state index contributed by atoms with van der Waals surface area (Å²) in [4.78, 5) is 15.2. The van der Waals surface area contributed by atoms with Gasteiger partial charge < -0.3 is 14.5 Å². The van der Waals surface area contributed by atoms with Crippen LogP contribution in [0.5, 0.6) is 0 Å². The molecule has 0 bridgehead atoms. The molecule has 1 aliphatic heterocycles. The highest BCUT2D eigenvalue weighted by Gasteiger charge is 2.33. The minimum Gasteiger partial charge on any atom is -0.465 e. The van der Waals surface area contributed by atoms with E-state index in [-0.39, 0.29) is 10.9 Å². The molecule has 1 saturated heterocycles. The Morgan fingerprint density at radius 2 is 1.76 bits per heavy atom. The van der Waals surface area contributed by atoms with E-state index in [2.05, 4.69) is 4.90 Å². The van der Waals surface area contributed by atoms with Crippen LogP contribution in [0.25, 0.3) is 0 Å². The first-order valence-electron chi connectivity index (χ1n) is 9.06. The number of hydrogen-bond acceptors (Lipinski definition) is 6. The summed E-state index contributed by atoms with van der Waals surface area (Å²) in [6.07, 6.45) is 0. The first-order chi connectivity index (χ1) is 13.8. The number of rotatable bonds is 5. The average Bonchev–Trinajstić information content (AvgIpc) is 2.73. The van der Waals surface area contributed by atoms with Gasteiger partial charge in [0.15, 0.2) is 0 Å². The topological polar surface area (TPSA) is 66.9 Å². The molecule has 1 fully saturated rings. The summed E-state index contributed by atoms with van der Waals surface area (Å²) in [6, 6.07) is 12.8. The van der Waals surface area contributed by atoms with Crippen LogP contribution in [0.3, 0.4) is 0 Å². The van der Waals surface area contributed by atoms with Crippen molar-refractivity contribution in [1.82, 2.24) is 0 Å². The molecule has 1 unspecified atom stereocenters. The van der Waals surface area contributed by atoms with Gasteiger partial charge in [-0.2, -0.15) is 8.78 Å². The number of carbonyl (C=O) groups excluding carboxylic acids is 1. The third kappa shape index (κ3) is 4.19. The van der Waals surface area contributed by atoms with Crippen LogP contribution >= 0.6 is 0 Å². The molecule has 6 nitrogen and oxygen atoms in total. The quantitative estimate of drug-likeness (QED) is 0.687. The van der Waals surface area contributed by atoms with Gasteiger partial charge in [-0.15, -0.1) is 0 Å². The molecule has 9 heteroatoms. The number of halogens is 2. The van der Waals surface area contributed by atoms with E-state index in [1.165, 1.54) is 19.2 Å². The Kier molecular flexibility index (Phi) is 6.07. The van der Waals surface area contributed by atoms with Crippen molar-refractivity contribution in [2.75, 3.05) is 36.5 Å². The van der Waals surface area contributed by atoms with Crippen LogP contribution in [0.15, 0.2) is 53.4 Å². The molecule has 0 aromatic heterocycles. The standard InChI is InChI=1S/C20H22F2N2O4S/c1-14-13-23(16-9-7-15(8-10-16)19(25)28-2)11-12-24(14)17-5-3-4-6-18(17)29(26,27)20(21)22/h3-10,14,20H,11-13H2,1-2H3. The number of ether oxygens (including phenoxy) is 1. The molecule has 3 rings (SSSR count). The van der Waals surface area contributed by atoms with Crippen LogP contribution in [0.4, 0.5) is 20.2 Å². The molecule has 1 heterocycles. The Morgan fingerprint density at radius 3 is 2.34 bits per heavy atom. The third-order valence-corrected chi connectivity index (χ3v) is 6.42. The highest BCUT2D eigenvalue weighted by Crippen LogP contribution is 2.32. The van der Waals surface area contributed by atoms with Gasteiger partial charge in [-0.05, 0) is 43.3 Å². The molecule has 1 atom stereocenters. The molecule has 0 amide bonds. The van der Waals surface area contributed by atoms with Crippen molar-refractivity contribution in [3.63, 3.8) is 0 Å². The summed E-state index contributed by atoms with van der Waals surface area (Å²) in [5.74, 6) is -3.87. The molecular weight excluding hydrogens is 402 g/mol. The normalized spacial score (nSPS) is 17.5. The third-order valence-electron chi connectivity index (χ3n) is 5.00. The Bertz CT molecular complexity index is 980. The number of benzene rings is 2. The predicted molar refractivity (Wildman–Crippen MR) is 106 cm³/mol. The fraction of sp³-hybridized carbons (Fsp3) is 0.350. The maximum atomic E-state index is 13.1. The van der Waals surface area contributed by atoms with Crippen molar-refractivity contribution in [1.29, 1.82) is 0 Å². The second kappa shape index (κ2) is 8.36. The number of anilines is 2. The average molecular weight is 424 g/mol. The van der Waals surface area contributed by atoms with Crippen LogP contribution < -0.4 is 9.80 Å². The summed E-state index contributed by atoms with van der Waals surface area (Å²) in [5, 5.41) is 0. The minimum absolute atomic E-state index is 0.113. The Balaban J connectivity index is 1.81. The second-order valence-electron chi connectivity index (χ2n) is 6.80. The largest absolute Gasteiger partial charge is 0.465 e. The fourth-order valence-corrected chi connectivity index (χ4v) is 4.44. The van der Waals surface area contributed by atoms with E-state index in [1.54, 1.807) is 24.3 Å². The fourth-order valence-electron chi connectivity index (χ4n) is 3.51. The molecule has 0 saturated carbocycles. The molecule has 0 radical (unpaired) electrons. The van der Waals surface area contributed by atoms with E-state index in [0.29, 0.717) is 30.9 Å². The lowest BCUT2D eigenvalue weighted by Gasteiger charge is -2.42. The number of piperazine rings is 1. The van der Waals surface area contributed by atoms with E-state index >= 15 is 0 Å². The molecule has 0 N–H and O–H groups in total. The van der Waals surface area contributed by atoms with Gasteiger partial charge in [0.05, 0.1) is 23.3 Å². The minimum atomic E-state index is -4.69. The number of sulfone groups is 1. The van der Waals surface area contributed by atoms with Gasteiger partial charge in [0.1, 0.15) is 0 Å². The first kappa shape index (κ1) is 21.0. The Hall–Kier alpha value is -2.68. The first-order valence-corrected chi connectivity index (χ1v) is 10.6. The molecule has 2 aromatic rings. The molecule has 0 spiro atoms. The van der Waals surface area contributed by atoms with Crippen molar-refractivity contribution in [2.24, 2.45) is 0 Å². The summed E-state index contributed by atoms with van der Waals surface area (Å²) in [7, 11) is -3.37. The predicted octanol–water partition coefficient (Wildman–Crippen LogP) is 3.18. The Labute approximate surface area is 168 Å². The van der Waals surface area contributed by atoms with Gasteiger partial charge in [-0.3, -0.25) is 0 Å². The van der Waals surface area contributed by atoms with Crippen molar-refractivity contribution in [2.45, 2.75) is 23.6 Å². The zero-order chi connectivity index (χ0) is 21.2. The van der Waals surface area contributed by atoms with Gasteiger partial charge in [-0.25, -0.2) is 13.2 Å². The van der Waals surface area contributed by atoms with Gasteiger partial charge in [-0.1, -0.05) is 12.1 Å². The van der Waals surface area contributed by atoms with Crippen LogP contribution in [0.2, 0.25) is 0 Å². The zero-order valence-electron chi connectivity index (χ0n) is 16.1. The molecular formula is C20H22F2N2O4S. The number of esters is 1. The van der Waals surface area contributed by atoms with E-state index in [0.717, 1.165) is 5.69 Å². The lowest BCUT2D eigenvalue weighted by Crippen LogP contribution is -2.52. The summed E-state index contributed by atoms with van der Waals surface area (Å²) >= 11 is 0. The monoisotopic (exact) mass is 424 g/mol. The van der Waals surface area contributed by atoms with E-state index in [1.807, 2.05) is 24.0 Å². The maximum absolute atomic E-state index is 13.1. The Morgan fingerprint density at radius 1 is 1.10 bits per heavy atom. The van der Waals surface area contributed by atoms with Crippen molar-refractivity contribution >= 4 is 27.2 Å². The van der Waals surface area contributed by atoms with E-state index in [9.17, 15) is 22.0 Å². The number of methoxy groups -OCH3 is 1. The van der Waals surface area contributed by atoms with Gasteiger partial charge in [0.2, 0.25) is 9.84 Å². The van der Waals surface area contributed by atoms with E-state index < -0.39 is 21.6 Å². The SMILES string of the molecule is COC(=O)c1ccc(N2CCN(c3ccccc3S(=O)(=O)C(F)F)C(C)C2)cc1. The van der Waals surface area contributed by atoms with Crippen LogP contribution in [0, 0.1) is 0 Å². The van der Waals surface area contributed by atoms with Crippen molar-refractivity contribution in [3.05, 3.63) is 54.1 Å². The molecule has 2 aromatic carbocycles. The molecule has 29 heavy (non-hydrogen) atoms. The van der Waals surface area contributed by atoms with Crippen molar-refractivity contribution in [3.8, 4) is 0 Å². The number of hydrogen-bond donors (Lipinski definition) is 0.